The van der Waals surface area contributed by atoms with Gasteiger partial charge < -0.3 is 14.6 Å². The Kier molecular flexibility index (Phi) is 9.27. The molecule has 0 spiro atoms. The molecule has 1 atom stereocenters. The largest absolute Gasteiger partial charge is 0.393 e. The highest BCUT2D eigenvalue weighted by Gasteiger charge is 2.24. The zero-order valence-corrected chi connectivity index (χ0v) is 11.7. The molecule has 9 heteroatoms. The Morgan fingerprint density at radius 3 is 1.84 bits per heavy atom. The van der Waals surface area contributed by atoms with Gasteiger partial charge in [0.25, 0.3) is 0 Å². The summed E-state index contributed by atoms with van der Waals surface area (Å²) >= 11 is 7.52. The second-order valence-corrected chi connectivity index (χ2v) is 4.20. The van der Waals surface area contributed by atoms with Crippen molar-refractivity contribution >= 4 is 49.1 Å². The van der Waals surface area contributed by atoms with Gasteiger partial charge in [0.05, 0.1) is 19.3 Å². The number of rotatable bonds is 7. The van der Waals surface area contributed by atoms with Crippen LogP contribution in [0.15, 0.2) is 0 Å². The van der Waals surface area contributed by atoms with Gasteiger partial charge in [-0.25, -0.2) is 4.79 Å². The number of hydrogen-bond donors (Lipinski definition) is 3. The summed E-state index contributed by atoms with van der Waals surface area (Å²) in [6.07, 6.45) is -2.81. The molecule has 0 heterocycles. The quantitative estimate of drug-likeness (QED) is 0.331. The van der Waals surface area contributed by atoms with Crippen molar-refractivity contribution in [3.63, 3.8) is 0 Å². The van der Waals surface area contributed by atoms with E-state index in [2.05, 4.69) is 34.7 Å². The smallest absolute Gasteiger partial charge is 0.343 e. The van der Waals surface area contributed by atoms with E-state index < -0.39 is 36.4 Å². The highest BCUT2D eigenvalue weighted by atomic mass is 32.1. The van der Waals surface area contributed by atoms with Crippen LogP contribution in [0.4, 0.5) is 0 Å². The van der Waals surface area contributed by atoms with Crippen molar-refractivity contribution in [2.45, 2.75) is 25.4 Å². The van der Waals surface area contributed by atoms with Crippen LogP contribution in [0.3, 0.4) is 0 Å². The van der Waals surface area contributed by atoms with Crippen LogP contribution in [0.5, 0.6) is 0 Å². The molecule has 0 fully saturated rings. The van der Waals surface area contributed by atoms with Crippen LogP contribution in [0.2, 0.25) is 0 Å². The first-order valence-electron chi connectivity index (χ1n) is 5.28. The van der Waals surface area contributed by atoms with E-state index >= 15 is 0 Å². The molecule has 19 heavy (non-hydrogen) atoms. The predicted octanol–water partition coefficient (Wildman–Crippen LogP) is -0.483. The van der Waals surface area contributed by atoms with Crippen LogP contribution < -0.4 is 0 Å². The van der Waals surface area contributed by atoms with Gasteiger partial charge in [-0.2, -0.15) is 25.3 Å². The van der Waals surface area contributed by atoms with Gasteiger partial charge >= 0.3 is 23.9 Å². The molecule has 0 saturated heterocycles. The third-order valence-corrected chi connectivity index (χ3v) is 2.15. The van der Waals surface area contributed by atoms with Crippen molar-refractivity contribution in [1.29, 1.82) is 0 Å². The van der Waals surface area contributed by atoms with E-state index in [1.165, 1.54) is 0 Å². The molecular weight excluding hydrogens is 296 g/mol. The average molecular weight is 310 g/mol. The van der Waals surface area contributed by atoms with E-state index in [0.717, 1.165) is 0 Å². The molecule has 0 aromatic rings. The second-order valence-electron chi connectivity index (χ2n) is 3.31. The zero-order valence-electron chi connectivity index (χ0n) is 9.90. The summed E-state index contributed by atoms with van der Waals surface area (Å²) in [5.74, 6) is -3.65. The number of aliphatic hydroxyl groups is 1. The van der Waals surface area contributed by atoms with Gasteiger partial charge in [0.1, 0.15) is 0 Å². The number of carbonyl (C=O) groups is 4. The van der Waals surface area contributed by atoms with Crippen LogP contribution in [0.25, 0.3) is 0 Å². The molecule has 0 aliphatic rings. The predicted molar refractivity (Wildman–Crippen MR) is 69.8 cm³/mol. The maximum Gasteiger partial charge on any atom is 0.343 e. The van der Waals surface area contributed by atoms with Gasteiger partial charge in [0.2, 0.25) is 0 Å². The fraction of sp³-hybridized carbons (Fsp3) is 0.600. The van der Waals surface area contributed by atoms with Gasteiger partial charge in [-0.1, -0.05) is 0 Å². The fourth-order valence-corrected chi connectivity index (χ4v) is 1.24. The summed E-state index contributed by atoms with van der Waals surface area (Å²) in [4.78, 5) is 44.1. The maximum atomic E-state index is 11.2. The van der Waals surface area contributed by atoms with Crippen molar-refractivity contribution in [2.75, 3.05) is 11.5 Å². The van der Waals surface area contributed by atoms with Gasteiger partial charge in [-0.05, 0) is 0 Å². The lowest BCUT2D eigenvalue weighted by Crippen LogP contribution is -2.29. The molecule has 0 amide bonds. The monoisotopic (exact) mass is 310 g/mol. The Hall–Kier alpha value is -1.06. The van der Waals surface area contributed by atoms with Crippen LogP contribution in [-0.2, 0) is 28.7 Å². The molecule has 0 radical (unpaired) electrons. The summed E-state index contributed by atoms with van der Waals surface area (Å²) < 4.78 is 8.50. The van der Waals surface area contributed by atoms with Crippen LogP contribution >= 0.6 is 25.3 Å². The standard InChI is InChI=1S/C10H14O7S2/c11-6(10(15)17-8(13)2-4-19)5-9(14)16-7(12)1-3-18/h6,11,18-19H,1-5H2. The highest BCUT2D eigenvalue weighted by Crippen LogP contribution is 2.01. The van der Waals surface area contributed by atoms with Gasteiger partial charge in [-0.15, -0.1) is 0 Å². The van der Waals surface area contributed by atoms with E-state index in [1.54, 1.807) is 0 Å². The number of ether oxygens (including phenoxy) is 2. The van der Waals surface area contributed by atoms with Gasteiger partial charge in [0.15, 0.2) is 6.10 Å². The SMILES string of the molecule is O=C(CCS)OC(=O)CC(O)C(=O)OC(=O)CCS. The Morgan fingerprint density at radius 1 is 0.895 bits per heavy atom. The Balaban J connectivity index is 4.11. The van der Waals surface area contributed by atoms with Crippen LogP contribution in [0.1, 0.15) is 19.3 Å². The van der Waals surface area contributed by atoms with Crippen LogP contribution in [-0.4, -0.2) is 46.6 Å². The lowest BCUT2D eigenvalue weighted by molar-refractivity contribution is -0.171. The normalized spacial score (nSPS) is 11.5. The minimum atomic E-state index is -1.86. The molecule has 1 N–H and O–H groups in total. The Morgan fingerprint density at radius 2 is 1.37 bits per heavy atom. The first-order chi connectivity index (χ1) is 8.90. The number of esters is 4. The number of aliphatic hydroxyl groups excluding tert-OH is 1. The molecule has 108 valence electrons. The molecule has 0 aliphatic heterocycles. The van der Waals surface area contributed by atoms with Crippen molar-refractivity contribution in [2.24, 2.45) is 0 Å². The maximum absolute atomic E-state index is 11.2. The van der Waals surface area contributed by atoms with Gasteiger partial charge in [0, 0.05) is 11.5 Å². The van der Waals surface area contributed by atoms with Crippen molar-refractivity contribution in [1.82, 2.24) is 0 Å². The summed E-state index contributed by atoms with van der Waals surface area (Å²) in [5, 5.41) is 9.27. The highest BCUT2D eigenvalue weighted by molar-refractivity contribution is 7.80. The first-order valence-corrected chi connectivity index (χ1v) is 6.55. The minimum Gasteiger partial charge on any atom is -0.393 e. The minimum absolute atomic E-state index is 0.0736. The van der Waals surface area contributed by atoms with E-state index in [1.807, 2.05) is 0 Å². The van der Waals surface area contributed by atoms with Crippen LogP contribution in [0, 0.1) is 0 Å². The third-order valence-electron chi connectivity index (χ3n) is 1.71. The third kappa shape index (κ3) is 8.62. The van der Waals surface area contributed by atoms with E-state index in [4.69, 9.17) is 0 Å². The average Bonchev–Trinajstić information content (AvgIpc) is 2.28. The first kappa shape index (κ1) is 17.9. The molecule has 0 aromatic carbocycles. The summed E-state index contributed by atoms with van der Waals surface area (Å²) in [6, 6.07) is 0. The summed E-state index contributed by atoms with van der Waals surface area (Å²) in [7, 11) is 0. The topological polar surface area (TPSA) is 107 Å². The molecule has 0 aromatic heterocycles. The van der Waals surface area contributed by atoms with E-state index in [9.17, 15) is 24.3 Å². The van der Waals surface area contributed by atoms with E-state index in [0.29, 0.717) is 0 Å². The Labute approximate surface area is 120 Å². The fourth-order valence-electron chi connectivity index (χ4n) is 0.875. The number of thiol groups is 2. The van der Waals surface area contributed by atoms with E-state index in [-0.39, 0.29) is 24.3 Å². The van der Waals surface area contributed by atoms with Crippen molar-refractivity contribution < 1.29 is 33.8 Å². The molecule has 7 nitrogen and oxygen atoms in total. The zero-order chi connectivity index (χ0) is 14.8. The van der Waals surface area contributed by atoms with Crippen molar-refractivity contribution in [3.8, 4) is 0 Å². The lowest BCUT2D eigenvalue weighted by Gasteiger charge is -2.08. The van der Waals surface area contributed by atoms with Crippen molar-refractivity contribution in [3.05, 3.63) is 0 Å². The lowest BCUT2D eigenvalue weighted by atomic mass is 10.2. The van der Waals surface area contributed by atoms with Gasteiger partial charge in [-0.3, -0.25) is 14.4 Å². The second kappa shape index (κ2) is 9.82. The summed E-state index contributed by atoms with van der Waals surface area (Å²) in [5.41, 5.74) is 0. The molecule has 1 unspecified atom stereocenters. The molecule has 0 rings (SSSR count). The Bertz CT molecular complexity index is 356. The molecular formula is C10H14O7S2. The number of carbonyl (C=O) groups excluding carboxylic acids is 4. The molecule has 0 bridgehead atoms. The summed E-state index contributed by atoms with van der Waals surface area (Å²) in [6.45, 7) is 0. The molecule has 0 aliphatic carbocycles. The molecule has 0 saturated carbocycles. The number of hydrogen-bond acceptors (Lipinski definition) is 9.